The number of ether oxygens (including phenoxy) is 1. The van der Waals surface area contributed by atoms with Crippen LogP contribution < -0.4 is 11.1 Å². The van der Waals surface area contributed by atoms with Crippen molar-refractivity contribution in [1.82, 2.24) is 10.2 Å². The van der Waals surface area contributed by atoms with E-state index in [4.69, 9.17) is 10.5 Å². The summed E-state index contributed by atoms with van der Waals surface area (Å²) in [6.45, 7) is 10.2. The second kappa shape index (κ2) is 6.32. The molecule has 0 saturated heterocycles. The molecule has 1 aliphatic carbocycles. The molecule has 0 aromatic carbocycles. The van der Waals surface area contributed by atoms with Crippen LogP contribution in [0.2, 0.25) is 0 Å². The van der Waals surface area contributed by atoms with Crippen molar-refractivity contribution in [3.63, 3.8) is 0 Å². The van der Waals surface area contributed by atoms with Crippen molar-refractivity contribution in [3.8, 4) is 0 Å². The Hall–Kier alpha value is -1.14. The van der Waals surface area contributed by atoms with Crippen LogP contribution in [-0.4, -0.2) is 54.6 Å². The summed E-state index contributed by atoms with van der Waals surface area (Å²) >= 11 is 0. The highest BCUT2D eigenvalue weighted by atomic mass is 16.5. The van der Waals surface area contributed by atoms with Gasteiger partial charge in [-0.15, -0.1) is 0 Å². The molecule has 21 heavy (non-hydrogen) atoms. The zero-order valence-electron chi connectivity index (χ0n) is 14.0. The Morgan fingerprint density at radius 3 is 2.43 bits per heavy atom. The Balaban J connectivity index is 2.68. The molecule has 0 radical (unpaired) electrons. The lowest BCUT2D eigenvalue weighted by Crippen LogP contribution is -2.76. The van der Waals surface area contributed by atoms with E-state index in [0.29, 0.717) is 13.0 Å². The average Bonchev–Trinajstić information content (AvgIpc) is 2.36. The molecule has 0 aromatic rings. The van der Waals surface area contributed by atoms with Gasteiger partial charge in [-0.1, -0.05) is 13.8 Å². The molecule has 122 valence electrons. The Morgan fingerprint density at radius 2 is 2.00 bits per heavy atom. The molecule has 2 atom stereocenters. The Bertz CT molecular complexity index is 409. The van der Waals surface area contributed by atoms with Gasteiger partial charge in [-0.3, -0.25) is 9.59 Å². The lowest BCUT2D eigenvalue weighted by molar-refractivity contribution is -0.178. The van der Waals surface area contributed by atoms with Crippen molar-refractivity contribution in [2.45, 2.75) is 58.7 Å². The molecular weight excluding hydrogens is 270 g/mol. The first-order valence-electron chi connectivity index (χ1n) is 7.51. The number of nitrogens with two attached hydrogens (primary N) is 1. The van der Waals surface area contributed by atoms with Crippen LogP contribution in [0, 0.1) is 5.41 Å². The average molecular weight is 299 g/mol. The molecule has 6 heteroatoms. The molecule has 1 saturated carbocycles. The van der Waals surface area contributed by atoms with Gasteiger partial charge in [0.2, 0.25) is 11.8 Å². The summed E-state index contributed by atoms with van der Waals surface area (Å²) in [4.78, 5) is 25.8. The smallest absolute Gasteiger partial charge is 0.243 e. The van der Waals surface area contributed by atoms with Crippen molar-refractivity contribution in [2.24, 2.45) is 11.1 Å². The number of amides is 2. The van der Waals surface area contributed by atoms with Gasteiger partial charge in [0.15, 0.2) is 0 Å². The summed E-state index contributed by atoms with van der Waals surface area (Å²) < 4.78 is 5.62. The van der Waals surface area contributed by atoms with E-state index in [2.05, 4.69) is 5.32 Å². The number of hydrogen-bond donors (Lipinski definition) is 2. The van der Waals surface area contributed by atoms with Gasteiger partial charge in [-0.25, -0.2) is 0 Å². The fraction of sp³-hybridized carbons (Fsp3) is 0.867. The van der Waals surface area contributed by atoms with Gasteiger partial charge in [0, 0.05) is 31.5 Å². The van der Waals surface area contributed by atoms with Gasteiger partial charge in [0.05, 0.1) is 12.6 Å². The number of nitrogens with one attached hydrogen (secondary N) is 1. The SMILES string of the molecule is CCOC1CC(N)(C(=O)N(C)CC(=O)NC(C)C)C1(C)C. The summed E-state index contributed by atoms with van der Waals surface area (Å²) in [5, 5.41) is 2.77. The minimum absolute atomic E-state index is 0.0191. The first-order valence-corrected chi connectivity index (χ1v) is 7.51. The second-order valence-corrected chi connectivity index (χ2v) is 6.72. The van der Waals surface area contributed by atoms with Crippen molar-refractivity contribution >= 4 is 11.8 Å². The number of nitrogens with zero attached hydrogens (tertiary/aromatic N) is 1. The molecule has 0 spiro atoms. The van der Waals surface area contributed by atoms with Crippen molar-refractivity contribution in [3.05, 3.63) is 0 Å². The highest BCUT2D eigenvalue weighted by Crippen LogP contribution is 2.50. The van der Waals surface area contributed by atoms with Crippen LogP contribution in [-0.2, 0) is 14.3 Å². The monoisotopic (exact) mass is 299 g/mol. The van der Waals surface area contributed by atoms with Crippen LogP contribution in [0.25, 0.3) is 0 Å². The van der Waals surface area contributed by atoms with Gasteiger partial charge in [-0.05, 0) is 20.8 Å². The predicted molar refractivity (Wildman–Crippen MR) is 81.6 cm³/mol. The number of carbonyl (C=O) groups is 2. The summed E-state index contributed by atoms with van der Waals surface area (Å²) in [6.07, 6.45) is 0.470. The first-order chi connectivity index (χ1) is 9.56. The summed E-state index contributed by atoms with van der Waals surface area (Å²) in [6, 6.07) is 0.0512. The van der Waals surface area contributed by atoms with E-state index in [1.807, 2.05) is 34.6 Å². The largest absolute Gasteiger partial charge is 0.378 e. The van der Waals surface area contributed by atoms with Crippen LogP contribution in [0.4, 0.5) is 0 Å². The predicted octanol–water partition coefficient (Wildman–Crippen LogP) is 0.502. The third-order valence-electron chi connectivity index (χ3n) is 4.39. The number of hydrogen-bond acceptors (Lipinski definition) is 4. The minimum atomic E-state index is -0.973. The fourth-order valence-electron chi connectivity index (χ4n) is 2.79. The van der Waals surface area contributed by atoms with E-state index < -0.39 is 11.0 Å². The van der Waals surface area contributed by atoms with E-state index in [-0.39, 0.29) is 30.5 Å². The standard InChI is InChI=1S/C15H29N3O3/c1-7-21-11-8-15(16,14(11,4)5)13(20)18(6)9-12(19)17-10(2)3/h10-11H,7-9,16H2,1-6H3,(H,17,19). The maximum absolute atomic E-state index is 12.6. The zero-order chi connectivity index (χ0) is 16.4. The fourth-order valence-corrected chi connectivity index (χ4v) is 2.79. The molecule has 3 N–H and O–H groups in total. The van der Waals surface area contributed by atoms with Gasteiger partial charge in [0.25, 0.3) is 0 Å². The molecule has 6 nitrogen and oxygen atoms in total. The lowest BCUT2D eigenvalue weighted by atomic mass is 9.54. The molecule has 0 aliphatic heterocycles. The third kappa shape index (κ3) is 3.37. The van der Waals surface area contributed by atoms with Crippen LogP contribution in [0.15, 0.2) is 0 Å². The van der Waals surface area contributed by atoms with Crippen molar-refractivity contribution in [2.75, 3.05) is 20.2 Å². The van der Waals surface area contributed by atoms with E-state index in [0.717, 1.165) is 0 Å². The molecular formula is C15H29N3O3. The third-order valence-corrected chi connectivity index (χ3v) is 4.39. The number of likely N-dealkylation sites (N-methyl/N-ethyl adjacent to an activating group) is 1. The van der Waals surface area contributed by atoms with Crippen molar-refractivity contribution in [1.29, 1.82) is 0 Å². The number of rotatable bonds is 6. The van der Waals surface area contributed by atoms with E-state index >= 15 is 0 Å². The molecule has 0 heterocycles. The first kappa shape index (κ1) is 17.9. The normalized spacial score (nSPS) is 27.1. The summed E-state index contributed by atoms with van der Waals surface area (Å²) in [5.74, 6) is -0.384. The van der Waals surface area contributed by atoms with E-state index in [1.54, 1.807) is 7.05 Å². The maximum Gasteiger partial charge on any atom is 0.243 e. The van der Waals surface area contributed by atoms with Crippen LogP contribution >= 0.6 is 0 Å². The lowest BCUT2D eigenvalue weighted by Gasteiger charge is -2.58. The quantitative estimate of drug-likeness (QED) is 0.748. The van der Waals surface area contributed by atoms with Crippen LogP contribution in [0.3, 0.4) is 0 Å². The van der Waals surface area contributed by atoms with Gasteiger partial charge in [0.1, 0.15) is 5.54 Å². The van der Waals surface area contributed by atoms with Crippen molar-refractivity contribution < 1.29 is 14.3 Å². The maximum atomic E-state index is 12.6. The molecule has 0 aromatic heterocycles. The van der Waals surface area contributed by atoms with Gasteiger partial charge < -0.3 is 20.7 Å². The Morgan fingerprint density at radius 1 is 1.43 bits per heavy atom. The highest BCUT2D eigenvalue weighted by Gasteiger charge is 2.63. The summed E-state index contributed by atoms with van der Waals surface area (Å²) in [5.41, 5.74) is 4.91. The van der Waals surface area contributed by atoms with Gasteiger partial charge >= 0.3 is 0 Å². The molecule has 1 rings (SSSR count). The number of carbonyl (C=O) groups excluding carboxylic acids is 2. The zero-order valence-corrected chi connectivity index (χ0v) is 14.0. The Labute approximate surface area is 127 Å². The Kier molecular flexibility index (Phi) is 5.39. The topological polar surface area (TPSA) is 84.7 Å². The highest BCUT2D eigenvalue weighted by molar-refractivity contribution is 5.92. The molecule has 1 aliphatic rings. The molecule has 2 amide bonds. The second-order valence-electron chi connectivity index (χ2n) is 6.72. The summed E-state index contributed by atoms with van der Waals surface area (Å²) in [7, 11) is 1.61. The van der Waals surface area contributed by atoms with Crippen LogP contribution in [0.5, 0.6) is 0 Å². The molecule has 2 unspecified atom stereocenters. The molecule has 1 fully saturated rings. The minimum Gasteiger partial charge on any atom is -0.378 e. The van der Waals surface area contributed by atoms with E-state index in [1.165, 1.54) is 4.90 Å². The van der Waals surface area contributed by atoms with Crippen LogP contribution in [0.1, 0.15) is 41.0 Å². The van der Waals surface area contributed by atoms with E-state index in [9.17, 15) is 9.59 Å². The molecule has 0 bridgehead atoms. The van der Waals surface area contributed by atoms with Gasteiger partial charge in [-0.2, -0.15) is 0 Å².